The zero-order valence-corrected chi connectivity index (χ0v) is 14.7. The second-order valence-corrected chi connectivity index (χ2v) is 5.79. The highest BCUT2D eigenvalue weighted by atomic mass is 35.5. The maximum Gasteiger partial charge on any atom is 0.414 e. The highest BCUT2D eigenvalue weighted by molar-refractivity contribution is 5.90. The van der Waals surface area contributed by atoms with Gasteiger partial charge in [0.15, 0.2) is 0 Å². The van der Waals surface area contributed by atoms with Crippen LogP contribution in [0.4, 0.5) is 20.6 Å². The Kier molecular flexibility index (Phi) is 6.44. The first-order valence-electron chi connectivity index (χ1n) is 7.89. The Morgan fingerprint density at radius 1 is 1.36 bits per heavy atom. The molecule has 0 unspecified atom stereocenters. The number of rotatable bonds is 4. The molecule has 3 rings (SSSR count). The molecular formula is C16H21ClFN3O4. The Morgan fingerprint density at radius 3 is 2.72 bits per heavy atom. The number of benzene rings is 1. The molecule has 0 spiro atoms. The lowest BCUT2D eigenvalue weighted by atomic mass is 10.2. The molecule has 2 aliphatic rings. The van der Waals surface area contributed by atoms with Crippen molar-refractivity contribution in [3.63, 3.8) is 0 Å². The van der Waals surface area contributed by atoms with Crippen LogP contribution in [0.2, 0.25) is 0 Å². The van der Waals surface area contributed by atoms with Crippen molar-refractivity contribution in [3.8, 4) is 0 Å². The molecule has 0 saturated carbocycles. The number of carbonyl (C=O) groups is 2. The van der Waals surface area contributed by atoms with E-state index in [2.05, 4.69) is 5.32 Å². The number of amides is 2. The van der Waals surface area contributed by atoms with Gasteiger partial charge in [0.2, 0.25) is 5.91 Å². The van der Waals surface area contributed by atoms with Gasteiger partial charge in [-0.2, -0.15) is 0 Å². The van der Waals surface area contributed by atoms with Gasteiger partial charge in [0.25, 0.3) is 0 Å². The first-order valence-corrected chi connectivity index (χ1v) is 7.89. The fourth-order valence-electron chi connectivity index (χ4n) is 2.82. The number of halogens is 2. The molecule has 2 amide bonds. The van der Waals surface area contributed by atoms with Gasteiger partial charge < -0.3 is 19.7 Å². The molecule has 1 atom stereocenters. The van der Waals surface area contributed by atoms with Crippen molar-refractivity contribution in [2.75, 3.05) is 49.2 Å². The maximum atomic E-state index is 14.4. The smallest absolute Gasteiger partial charge is 0.414 e. The third-order valence-electron chi connectivity index (χ3n) is 4.05. The normalized spacial score (nSPS) is 20.1. The van der Waals surface area contributed by atoms with Crippen LogP contribution in [0.25, 0.3) is 0 Å². The molecule has 1 N–H and O–H groups in total. The van der Waals surface area contributed by atoms with Crippen molar-refractivity contribution < 1.29 is 23.5 Å². The van der Waals surface area contributed by atoms with Crippen LogP contribution >= 0.6 is 12.4 Å². The Hall–Kier alpha value is -2.06. The number of hydrogen-bond donors (Lipinski definition) is 1. The molecule has 0 aliphatic carbocycles. The lowest BCUT2D eigenvalue weighted by Gasteiger charge is -2.29. The van der Waals surface area contributed by atoms with E-state index in [0.717, 1.165) is 0 Å². The molecule has 1 aromatic rings. The monoisotopic (exact) mass is 373 g/mol. The first-order chi connectivity index (χ1) is 11.5. The summed E-state index contributed by atoms with van der Waals surface area (Å²) in [6.45, 7) is 4.34. The molecule has 2 saturated heterocycles. The van der Waals surface area contributed by atoms with E-state index in [4.69, 9.17) is 9.47 Å². The van der Waals surface area contributed by atoms with E-state index in [1.807, 2.05) is 4.90 Å². The van der Waals surface area contributed by atoms with E-state index >= 15 is 0 Å². The number of nitrogens with zero attached hydrogens (tertiary/aromatic N) is 2. The SMILES string of the molecule is CC(=O)NC[C@@H]1CN(c2ccc(N3CCOCC3)c(F)c2)C(=O)O1.Cl. The predicted octanol–water partition coefficient (Wildman–Crippen LogP) is 1.55. The summed E-state index contributed by atoms with van der Waals surface area (Å²) in [4.78, 5) is 26.2. The summed E-state index contributed by atoms with van der Waals surface area (Å²) in [5.41, 5.74) is 0.948. The average Bonchev–Trinajstić information content (AvgIpc) is 2.94. The lowest BCUT2D eigenvalue weighted by Crippen LogP contribution is -2.36. The molecule has 2 aliphatic heterocycles. The van der Waals surface area contributed by atoms with E-state index in [9.17, 15) is 14.0 Å². The maximum absolute atomic E-state index is 14.4. The molecule has 1 aromatic carbocycles. The van der Waals surface area contributed by atoms with Crippen LogP contribution in [0.5, 0.6) is 0 Å². The number of ether oxygens (including phenoxy) is 2. The third-order valence-corrected chi connectivity index (χ3v) is 4.05. The van der Waals surface area contributed by atoms with Gasteiger partial charge >= 0.3 is 6.09 Å². The number of carbonyl (C=O) groups excluding carboxylic acids is 2. The van der Waals surface area contributed by atoms with E-state index in [0.29, 0.717) is 37.7 Å². The summed E-state index contributed by atoms with van der Waals surface area (Å²) in [5.74, 6) is -0.571. The number of nitrogens with one attached hydrogen (secondary N) is 1. The van der Waals surface area contributed by atoms with Crippen molar-refractivity contribution in [2.24, 2.45) is 0 Å². The molecule has 0 aromatic heterocycles. The van der Waals surface area contributed by atoms with Crippen LogP contribution in [0.15, 0.2) is 18.2 Å². The van der Waals surface area contributed by atoms with Gasteiger partial charge in [-0.3, -0.25) is 9.69 Å². The van der Waals surface area contributed by atoms with Crippen LogP contribution in [-0.4, -0.2) is 57.5 Å². The Bertz CT molecular complexity index is 640. The fourth-order valence-corrected chi connectivity index (χ4v) is 2.82. The molecule has 25 heavy (non-hydrogen) atoms. The van der Waals surface area contributed by atoms with Crippen LogP contribution in [0.1, 0.15) is 6.92 Å². The van der Waals surface area contributed by atoms with Crippen LogP contribution in [0, 0.1) is 5.82 Å². The standard InChI is InChI=1S/C16H20FN3O4.ClH/c1-11(21)18-9-13-10-20(16(22)24-13)12-2-3-15(14(17)8-12)19-4-6-23-7-5-19;/h2-3,8,13H,4-7,9-10H2,1H3,(H,18,21);1H/t13-;/m1./s1. The average molecular weight is 374 g/mol. The van der Waals surface area contributed by atoms with Crippen LogP contribution < -0.4 is 15.1 Å². The summed E-state index contributed by atoms with van der Waals surface area (Å²) in [5, 5.41) is 2.61. The fraction of sp³-hybridized carbons (Fsp3) is 0.500. The predicted molar refractivity (Wildman–Crippen MR) is 93.0 cm³/mol. The van der Waals surface area contributed by atoms with E-state index in [1.54, 1.807) is 12.1 Å². The Morgan fingerprint density at radius 2 is 2.08 bits per heavy atom. The Balaban J connectivity index is 0.00000225. The molecular weight excluding hydrogens is 353 g/mol. The summed E-state index contributed by atoms with van der Waals surface area (Å²) in [6.07, 6.45) is -0.979. The van der Waals surface area contributed by atoms with Gasteiger partial charge in [-0.05, 0) is 18.2 Å². The number of hydrogen-bond acceptors (Lipinski definition) is 5. The summed E-state index contributed by atoms with van der Waals surface area (Å²) < 4.78 is 24.9. The number of anilines is 2. The van der Waals surface area contributed by atoms with E-state index in [-0.39, 0.29) is 37.2 Å². The van der Waals surface area contributed by atoms with Crippen molar-refractivity contribution in [1.29, 1.82) is 0 Å². The molecule has 2 fully saturated rings. The molecule has 138 valence electrons. The first kappa shape index (κ1) is 19.3. The second-order valence-electron chi connectivity index (χ2n) is 5.79. The lowest BCUT2D eigenvalue weighted by molar-refractivity contribution is -0.119. The summed E-state index contributed by atoms with van der Waals surface area (Å²) >= 11 is 0. The van der Waals surface area contributed by atoms with Gasteiger partial charge in [0.1, 0.15) is 11.9 Å². The Labute approximate surface area is 151 Å². The molecule has 0 bridgehead atoms. The van der Waals surface area contributed by atoms with Crippen molar-refractivity contribution >= 4 is 35.8 Å². The van der Waals surface area contributed by atoms with Gasteiger partial charge in [0.05, 0.1) is 37.7 Å². The minimum atomic E-state index is -0.538. The van der Waals surface area contributed by atoms with E-state index in [1.165, 1.54) is 17.9 Å². The largest absolute Gasteiger partial charge is 0.442 e. The zero-order valence-electron chi connectivity index (χ0n) is 13.9. The van der Waals surface area contributed by atoms with Crippen LogP contribution in [-0.2, 0) is 14.3 Å². The number of cyclic esters (lactones) is 1. The van der Waals surface area contributed by atoms with E-state index < -0.39 is 12.2 Å². The topological polar surface area (TPSA) is 71.1 Å². The van der Waals surface area contributed by atoms with Gasteiger partial charge in [0, 0.05) is 20.0 Å². The summed E-state index contributed by atoms with van der Waals surface area (Å²) in [7, 11) is 0. The molecule has 9 heteroatoms. The molecule has 7 nitrogen and oxygen atoms in total. The third kappa shape index (κ3) is 4.52. The summed E-state index contributed by atoms with van der Waals surface area (Å²) in [6, 6.07) is 4.72. The highest BCUT2D eigenvalue weighted by Gasteiger charge is 2.32. The minimum absolute atomic E-state index is 0. The van der Waals surface area contributed by atoms with Gasteiger partial charge in [-0.1, -0.05) is 0 Å². The van der Waals surface area contributed by atoms with Crippen molar-refractivity contribution in [1.82, 2.24) is 5.32 Å². The second kappa shape index (κ2) is 8.35. The zero-order chi connectivity index (χ0) is 17.1. The molecule has 0 radical (unpaired) electrons. The quantitative estimate of drug-likeness (QED) is 0.867. The van der Waals surface area contributed by atoms with Gasteiger partial charge in [-0.25, -0.2) is 9.18 Å². The highest BCUT2D eigenvalue weighted by Crippen LogP contribution is 2.28. The van der Waals surface area contributed by atoms with Crippen molar-refractivity contribution in [3.05, 3.63) is 24.0 Å². The van der Waals surface area contributed by atoms with Crippen molar-refractivity contribution in [2.45, 2.75) is 13.0 Å². The van der Waals surface area contributed by atoms with Crippen LogP contribution in [0.3, 0.4) is 0 Å². The minimum Gasteiger partial charge on any atom is -0.442 e. The van der Waals surface area contributed by atoms with Gasteiger partial charge in [-0.15, -0.1) is 12.4 Å². The number of morpholine rings is 1. The molecule has 2 heterocycles.